The van der Waals surface area contributed by atoms with Crippen molar-refractivity contribution >= 4 is 27.1 Å². The number of thiazole rings is 1. The van der Waals surface area contributed by atoms with Crippen LogP contribution in [0.25, 0.3) is 0 Å². The normalized spacial score (nSPS) is 13.5. The first-order valence-corrected chi connectivity index (χ1v) is 9.08. The van der Waals surface area contributed by atoms with Gasteiger partial charge in [0.25, 0.3) is 0 Å². The van der Waals surface area contributed by atoms with E-state index in [1.54, 1.807) is 6.20 Å². The van der Waals surface area contributed by atoms with Crippen LogP contribution in [-0.4, -0.2) is 31.3 Å². The minimum atomic E-state index is -3.11. The lowest BCUT2D eigenvalue weighted by molar-refractivity contribution is -0.121. The first-order chi connectivity index (χ1) is 8.78. The zero-order chi connectivity index (χ0) is 14.5. The highest BCUT2D eigenvalue weighted by Gasteiger charge is 2.19. The van der Waals surface area contributed by atoms with Crippen molar-refractivity contribution in [2.24, 2.45) is 5.92 Å². The van der Waals surface area contributed by atoms with Gasteiger partial charge in [-0.2, -0.15) is 0 Å². The zero-order valence-electron chi connectivity index (χ0n) is 11.4. The van der Waals surface area contributed by atoms with Crippen LogP contribution in [0.5, 0.6) is 0 Å². The maximum atomic E-state index is 11.8. The minimum Gasteiger partial charge on any atom is -0.347 e. The predicted octanol–water partition coefficient (Wildman–Crippen LogP) is 1.78. The average Bonchev–Trinajstić information content (AvgIpc) is 2.77. The Hall–Kier alpha value is -0.950. The number of hydrogen-bond acceptors (Lipinski definition) is 5. The summed E-state index contributed by atoms with van der Waals surface area (Å²) in [7, 11) is -3.11. The molecule has 1 heterocycles. The van der Waals surface area contributed by atoms with Gasteiger partial charge < -0.3 is 5.32 Å². The maximum absolute atomic E-state index is 11.8. The summed E-state index contributed by atoms with van der Waals surface area (Å²) < 4.78 is 22.1. The summed E-state index contributed by atoms with van der Waals surface area (Å²) in [5.74, 6) is 0.0563. The first-order valence-electron chi connectivity index (χ1n) is 6.14. The molecule has 1 rings (SSSR count). The van der Waals surface area contributed by atoms with E-state index in [1.807, 2.05) is 5.38 Å². The molecule has 0 spiro atoms. The van der Waals surface area contributed by atoms with Gasteiger partial charge in [-0.3, -0.25) is 4.79 Å². The minimum absolute atomic E-state index is 0.00119. The molecule has 1 aromatic heterocycles. The molecule has 0 aromatic carbocycles. The van der Waals surface area contributed by atoms with E-state index in [0.717, 1.165) is 17.7 Å². The second-order valence-corrected chi connectivity index (χ2v) is 8.19. The monoisotopic (exact) mass is 304 g/mol. The Balaban J connectivity index is 2.60. The van der Waals surface area contributed by atoms with Crippen molar-refractivity contribution in [1.29, 1.82) is 0 Å². The van der Waals surface area contributed by atoms with E-state index >= 15 is 0 Å². The molecule has 0 aliphatic carbocycles. The van der Waals surface area contributed by atoms with Crippen molar-refractivity contribution in [3.05, 3.63) is 16.6 Å². The predicted molar refractivity (Wildman–Crippen MR) is 76.8 cm³/mol. The second kappa shape index (κ2) is 7.00. The molecule has 1 aromatic rings. The summed E-state index contributed by atoms with van der Waals surface area (Å²) in [6, 6.07) is -0.132. The van der Waals surface area contributed by atoms with Gasteiger partial charge in [0.15, 0.2) is 0 Å². The van der Waals surface area contributed by atoms with Crippen molar-refractivity contribution < 1.29 is 13.2 Å². The van der Waals surface area contributed by atoms with Gasteiger partial charge in [-0.1, -0.05) is 13.8 Å². The van der Waals surface area contributed by atoms with Gasteiger partial charge in [-0.05, 0) is 12.3 Å². The molecule has 1 N–H and O–H groups in total. The van der Waals surface area contributed by atoms with E-state index in [2.05, 4.69) is 24.1 Å². The van der Waals surface area contributed by atoms with E-state index in [1.165, 1.54) is 11.3 Å². The van der Waals surface area contributed by atoms with Crippen LogP contribution in [0.2, 0.25) is 0 Å². The highest BCUT2D eigenvalue weighted by Crippen LogP contribution is 2.23. The standard InChI is InChI=1S/C12H20N2O3S2/c1-9(2)8-10(12-13-5-6-18-12)14-11(15)4-7-19(3,16)17/h5-6,9-10H,4,7-8H2,1-3H3,(H,14,15). The number of carbonyl (C=O) groups is 1. The fourth-order valence-electron chi connectivity index (χ4n) is 1.64. The SMILES string of the molecule is CC(C)CC(NC(=O)CCS(C)(=O)=O)c1nccs1. The number of nitrogens with zero attached hydrogens (tertiary/aromatic N) is 1. The summed E-state index contributed by atoms with van der Waals surface area (Å²) >= 11 is 1.49. The average molecular weight is 304 g/mol. The molecule has 0 saturated heterocycles. The molecule has 19 heavy (non-hydrogen) atoms. The smallest absolute Gasteiger partial charge is 0.221 e. The summed E-state index contributed by atoms with van der Waals surface area (Å²) in [5, 5.41) is 5.60. The molecular formula is C12H20N2O3S2. The number of aromatic nitrogens is 1. The lowest BCUT2D eigenvalue weighted by Crippen LogP contribution is -2.30. The van der Waals surface area contributed by atoms with E-state index in [0.29, 0.717) is 5.92 Å². The zero-order valence-corrected chi connectivity index (χ0v) is 13.1. The molecule has 7 heteroatoms. The van der Waals surface area contributed by atoms with E-state index in [4.69, 9.17) is 0 Å². The molecule has 1 amide bonds. The summed E-state index contributed by atoms with van der Waals surface area (Å²) in [6.07, 6.45) is 3.62. The maximum Gasteiger partial charge on any atom is 0.221 e. The molecule has 0 saturated carbocycles. The molecule has 1 atom stereocenters. The van der Waals surface area contributed by atoms with Gasteiger partial charge in [-0.25, -0.2) is 13.4 Å². The third kappa shape index (κ3) is 6.68. The van der Waals surface area contributed by atoms with Crippen LogP contribution in [0, 0.1) is 5.92 Å². The largest absolute Gasteiger partial charge is 0.347 e. The highest BCUT2D eigenvalue weighted by molar-refractivity contribution is 7.90. The van der Waals surface area contributed by atoms with Crippen molar-refractivity contribution in [3.8, 4) is 0 Å². The number of rotatable bonds is 7. The van der Waals surface area contributed by atoms with Crippen molar-refractivity contribution in [3.63, 3.8) is 0 Å². The first kappa shape index (κ1) is 16.1. The number of sulfone groups is 1. The van der Waals surface area contributed by atoms with Crippen LogP contribution in [0.4, 0.5) is 0 Å². The fourth-order valence-corrected chi connectivity index (χ4v) is 2.90. The van der Waals surface area contributed by atoms with Gasteiger partial charge in [0.2, 0.25) is 5.91 Å². The Morgan fingerprint density at radius 2 is 2.16 bits per heavy atom. The van der Waals surface area contributed by atoms with Gasteiger partial charge in [0.05, 0.1) is 11.8 Å². The molecule has 0 radical (unpaired) electrons. The van der Waals surface area contributed by atoms with Gasteiger partial charge in [-0.15, -0.1) is 11.3 Å². The van der Waals surface area contributed by atoms with Crippen LogP contribution < -0.4 is 5.32 Å². The van der Waals surface area contributed by atoms with E-state index in [-0.39, 0.29) is 24.1 Å². The van der Waals surface area contributed by atoms with E-state index < -0.39 is 9.84 Å². The van der Waals surface area contributed by atoms with Gasteiger partial charge in [0.1, 0.15) is 14.8 Å². The Morgan fingerprint density at radius 3 is 2.63 bits per heavy atom. The lowest BCUT2D eigenvalue weighted by atomic mass is 10.0. The Labute approximate surface area is 118 Å². The topological polar surface area (TPSA) is 76.1 Å². The molecule has 5 nitrogen and oxygen atoms in total. The van der Waals surface area contributed by atoms with Crippen LogP contribution in [0.1, 0.15) is 37.7 Å². The van der Waals surface area contributed by atoms with Crippen LogP contribution >= 0.6 is 11.3 Å². The van der Waals surface area contributed by atoms with Crippen molar-refractivity contribution in [2.45, 2.75) is 32.7 Å². The number of nitrogens with one attached hydrogen (secondary N) is 1. The molecule has 108 valence electrons. The molecule has 1 unspecified atom stereocenters. The Kier molecular flexibility index (Phi) is 5.93. The van der Waals surface area contributed by atoms with Crippen LogP contribution in [0.15, 0.2) is 11.6 Å². The van der Waals surface area contributed by atoms with Gasteiger partial charge in [0, 0.05) is 24.3 Å². The number of carbonyl (C=O) groups excluding carboxylic acids is 1. The summed E-state index contributed by atoms with van der Waals surface area (Å²) in [4.78, 5) is 16.0. The lowest BCUT2D eigenvalue weighted by Gasteiger charge is -2.18. The summed E-state index contributed by atoms with van der Waals surface area (Å²) in [5.41, 5.74) is 0. The number of amides is 1. The van der Waals surface area contributed by atoms with Crippen molar-refractivity contribution in [1.82, 2.24) is 10.3 Å². The molecule has 0 fully saturated rings. The molecule has 0 aliphatic rings. The van der Waals surface area contributed by atoms with Crippen LogP contribution in [-0.2, 0) is 14.6 Å². The van der Waals surface area contributed by atoms with Crippen LogP contribution in [0.3, 0.4) is 0 Å². The van der Waals surface area contributed by atoms with Crippen molar-refractivity contribution in [2.75, 3.05) is 12.0 Å². The van der Waals surface area contributed by atoms with E-state index in [9.17, 15) is 13.2 Å². The summed E-state index contributed by atoms with van der Waals surface area (Å²) in [6.45, 7) is 4.15. The van der Waals surface area contributed by atoms with Gasteiger partial charge >= 0.3 is 0 Å². The highest BCUT2D eigenvalue weighted by atomic mass is 32.2. The second-order valence-electron chi connectivity index (χ2n) is 5.00. The number of hydrogen-bond donors (Lipinski definition) is 1. The Morgan fingerprint density at radius 1 is 1.47 bits per heavy atom. The fraction of sp³-hybridized carbons (Fsp3) is 0.667. The quantitative estimate of drug-likeness (QED) is 0.833. The molecule has 0 bridgehead atoms. The third-order valence-corrected chi connectivity index (χ3v) is 4.33. The Bertz CT molecular complexity index is 495. The molecular weight excluding hydrogens is 284 g/mol. The third-order valence-electron chi connectivity index (χ3n) is 2.49. The molecule has 0 aliphatic heterocycles.